The summed E-state index contributed by atoms with van der Waals surface area (Å²) in [5.41, 5.74) is 1.47. The molecule has 0 saturated carbocycles. The summed E-state index contributed by atoms with van der Waals surface area (Å²) in [6.45, 7) is 5.38. The van der Waals surface area contributed by atoms with Crippen LogP contribution in [0.3, 0.4) is 0 Å². The molecule has 1 aliphatic heterocycles. The van der Waals surface area contributed by atoms with Gasteiger partial charge in [0.2, 0.25) is 0 Å². The minimum atomic E-state index is -0.332. The van der Waals surface area contributed by atoms with Crippen LogP contribution in [0.5, 0.6) is 5.75 Å². The number of halogens is 1. The zero-order chi connectivity index (χ0) is 22.8. The second-order valence-electron chi connectivity index (χ2n) is 8.13. The third-order valence-corrected chi connectivity index (χ3v) is 6.98. The first kappa shape index (κ1) is 21.6. The SMILES string of the molecule is Cc1cc(CN2CCN(C(=O)c3sc4cccc(F)c4c3COc3ccccc3)CC2)on1. The average Bonchev–Trinajstić information content (AvgIpc) is 3.42. The first-order valence-corrected chi connectivity index (χ1v) is 11.7. The number of piperazine rings is 1. The van der Waals surface area contributed by atoms with Gasteiger partial charge in [-0.15, -0.1) is 11.3 Å². The van der Waals surface area contributed by atoms with E-state index in [9.17, 15) is 9.18 Å². The molecule has 3 heterocycles. The van der Waals surface area contributed by atoms with E-state index in [0.717, 1.165) is 29.2 Å². The molecule has 4 aromatic rings. The summed E-state index contributed by atoms with van der Waals surface area (Å²) in [6, 6.07) is 16.3. The number of hydrogen-bond donors (Lipinski definition) is 0. The van der Waals surface area contributed by atoms with E-state index in [1.807, 2.05) is 54.3 Å². The van der Waals surface area contributed by atoms with Crippen LogP contribution in [0.1, 0.15) is 26.7 Å². The molecule has 0 atom stereocenters. The molecule has 0 spiro atoms. The summed E-state index contributed by atoms with van der Waals surface area (Å²) in [5, 5.41) is 4.41. The van der Waals surface area contributed by atoms with Gasteiger partial charge in [-0.3, -0.25) is 9.69 Å². The van der Waals surface area contributed by atoms with E-state index in [2.05, 4.69) is 10.1 Å². The molecule has 1 saturated heterocycles. The highest BCUT2D eigenvalue weighted by Gasteiger charge is 2.28. The topological polar surface area (TPSA) is 58.8 Å². The Morgan fingerprint density at radius 1 is 1.12 bits per heavy atom. The van der Waals surface area contributed by atoms with Gasteiger partial charge < -0.3 is 14.2 Å². The number of para-hydroxylation sites is 1. The molecule has 0 N–H and O–H groups in total. The summed E-state index contributed by atoms with van der Waals surface area (Å²) in [6.07, 6.45) is 0. The number of amides is 1. The molecule has 170 valence electrons. The maximum Gasteiger partial charge on any atom is 0.264 e. The van der Waals surface area contributed by atoms with E-state index in [-0.39, 0.29) is 18.3 Å². The van der Waals surface area contributed by atoms with Crippen LogP contribution >= 0.6 is 11.3 Å². The van der Waals surface area contributed by atoms with Gasteiger partial charge in [-0.1, -0.05) is 29.4 Å². The maximum absolute atomic E-state index is 14.8. The third-order valence-electron chi connectivity index (χ3n) is 5.80. The van der Waals surface area contributed by atoms with Gasteiger partial charge in [-0.2, -0.15) is 0 Å². The number of rotatable bonds is 6. The van der Waals surface area contributed by atoms with Crippen molar-refractivity contribution < 1.29 is 18.4 Å². The van der Waals surface area contributed by atoms with Gasteiger partial charge >= 0.3 is 0 Å². The summed E-state index contributed by atoms with van der Waals surface area (Å²) >= 11 is 1.33. The Labute approximate surface area is 195 Å². The van der Waals surface area contributed by atoms with Gasteiger partial charge in [-0.25, -0.2) is 4.39 Å². The zero-order valence-electron chi connectivity index (χ0n) is 18.3. The van der Waals surface area contributed by atoms with E-state index < -0.39 is 0 Å². The Hall–Kier alpha value is -3.23. The van der Waals surface area contributed by atoms with Crippen molar-refractivity contribution in [1.82, 2.24) is 15.0 Å². The molecule has 1 amide bonds. The van der Waals surface area contributed by atoms with E-state index in [1.165, 1.54) is 17.4 Å². The molecule has 8 heteroatoms. The lowest BCUT2D eigenvalue weighted by molar-refractivity contribution is 0.0620. The minimum absolute atomic E-state index is 0.0718. The van der Waals surface area contributed by atoms with Crippen molar-refractivity contribution in [2.45, 2.75) is 20.1 Å². The molecule has 33 heavy (non-hydrogen) atoms. The molecule has 5 rings (SSSR count). The molecule has 0 unspecified atom stereocenters. The summed E-state index contributed by atoms with van der Waals surface area (Å²) < 4.78 is 26.7. The average molecular weight is 466 g/mol. The van der Waals surface area contributed by atoms with Crippen LogP contribution in [0.15, 0.2) is 59.1 Å². The second-order valence-corrected chi connectivity index (χ2v) is 9.18. The molecule has 2 aromatic carbocycles. The van der Waals surface area contributed by atoms with E-state index in [4.69, 9.17) is 9.26 Å². The summed E-state index contributed by atoms with van der Waals surface area (Å²) in [7, 11) is 0. The van der Waals surface area contributed by atoms with Gasteiger partial charge in [0, 0.05) is 47.9 Å². The number of carbonyl (C=O) groups is 1. The van der Waals surface area contributed by atoms with E-state index in [0.29, 0.717) is 41.2 Å². The number of nitrogens with zero attached hydrogens (tertiary/aromatic N) is 3. The Balaban J connectivity index is 1.34. The fraction of sp³-hybridized carbons (Fsp3) is 0.280. The highest BCUT2D eigenvalue weighted by atomic mass is 32.1. The van der Waals surface area contributed by atoms with Crippen molar-refractivity contribution in [3.05, 3.63) is 82.3 Å². The van der Waals surface area contributed by atoms with Crippen LogP contribution < -0.4 is 4.74 Å². The standard InChI is InChI=1S/C25H24FN3O3S/c1-17-14-19(32-27-17)15-28-10-12-29(13-11-28)25(30)24-20(16-31-18-6-3-2-4-7-18)23-21(26)8-5-9-22(23)33-24/h2-9,14H,10-13,15-16H2,1H3. The first-order valence-electron chi connectivity index (χ1n) is 10.9. The fourth-order valence-electron chi connectivity index (χ4n) is 4.11. The van der Waals surface area contributed by atoms with Gasteiger partial charge in [0.25, 0.3) is 5.91 Å². The maximum atomic E-state index is 14.8. The Morgan fingerprint density at radius 3 is 2.64 bits per heavy atom. The molecule has 1 fully saturated rings. The van der Waals surface area contributed by atoms with E-state index in [1.54, 1.807) is 6.07 Å². The molecule has 0 bridgehead atoms. The van der Waals surface area contributed by atoms with Crippen LogP contribution in [0, 0.1) is 12.7 Å². The molecule has 2 aromatic heterocycles. The highest BCUT2D eigenvalue weighted by Crippen LogP contribution is 2.35. The normalized spacial score (nSPS) is 14.7. The molecule has 6 nitrogen and oxygen atoms in total. The lowest BCUT2D eigenvalue weighted by Crippen LogP contribution is -2.48. The number of fused-ring (bicyclic) bond motifs is 1. The van der Waals surface area contributed by atoms with Crippen LogP contribution in [-0.4, -0.2) is 47.0 Å². The number of carbonyl (C=O) groups excluding carboxylic acids is 1. The van der Waals surface area contributed by atoms with Crippen LogP contribution in [0.2, 0.25) is 0 Å². The highest BCUT2D eigenvalue weighted by molar-refractivity contribution is 7.21. The number of hydrogen-bond acceptors (Lipinski definition) is 6. The second kappa shape index (κ2) is 9.33. The van der Waals surface area contributed by atoms with Crippen LogP contribution in [-0.2, 0) is 13.2 Å². The molecular formula is C25H24FN3O3S. The van der Waals surface area contributed by atoms with Gasteiger partial charge in [0.1, 0.15) is 18.2 Å². The van der Waals surface area contributed by atoms with Gasteiger partial charge in [0.05, 0.1) is 17.1 Å². The Kier molecular flexibility index (Phi) is 6.11. The van der Waals surface area contributed by atoms with Crippen molar-refractivity contribution in [3.8, 4) is 5.75 Å². The number of benzene rings is 2. The van der Waals surface area contributed by atoms with Gasteiger partial charge in [-0.05, 0) is 31.2 Å². The molecule has 0 radical (unpaired) electrons. The predicted octanol–water partition coefficient (Wildman–Crippen LogP) is 4.87. The quantitative estimate of drug-likeness (QED) is 0.407. The lowest BCUT2D eigenvalue weighted by atomic mass is 10.1. The zero-order valence-corrected chi connectivity index (χ0v) is 19.1. The van der Waals surface area contributed by atoms with Gasteiger partial charge in [0.15, 0.2) is 5.76 Å². The van der Waals surface area contributed by atoms with Crippen LogP contribution in [0.25, 0.3) is 10.1 Å². The lowest BCUT2D eigenvalue weighted by Gasteiger charge is -2.34. The molecular weight excluding hydrogens is 441 g/mol. The fourth-order valence-corrected chi connectivity index (χ4v) is 5.30. The monoisotopic (exact) mass is 465 g/mol. The minimum Gasteiger partial charge on any atom is -0.489 e. The largest absolute Gasteiger partial charge is 0.489 e. The van der Waals surface area contributed by atoms with Crippen molar-refractivity contribution >= 4 is 27.3 Å². The Bertz CT molecular complexity index is 1260. The Morgan fingerprint density at radius 2 is 1.91 bits per heavy atom. The van der Waals surface area contributed by atoms with Crippen molar-refractivity contribution in [3.63, 3.8) is 0 Å². The third kappa shape index (κ3) is 4.62. The predicted molar refractivity (Wildman–Crippen MR) is 125 cm³/mol. The smallest absolute Gasteiger partial charge is 0.264 e. The number of ether oxygens (including phenoxy) is 1. The van der Waals surface area contributed by atoms with Crippen molar-refractivity contribution in [2.24, 2.45) is 0 Å². The summed E-state index contributed by atoms with van der Waals surface area (Å²) in [5.74, 6) is 1.11. The van der Waals surface area contributed by atoms with Crippen molar-refractivity contribution in [2.75, 3.05) is 26.2 Å². The summed E-state index contributed by atoms with van der Waals surface area (Å²) in [4.78, 5) is 18.1. The molecule has 0 aliphatic carbocycles. The van der Waals surface area contributed by atoms with Crippen LogP contribution in [0.4, 0.5) is 4.39 Å². The van der Waals surface area contributed by atoms with E-state index >= 15 is 0 Å². The number of aryl methyl sites for hydroxylation is 1. The molecule has 1 aliphatic rings. The first-order chi connectivity index (χ1) is 16.1. The number of thiophene rings is 1. The van der Waals surface area contributed by atoms with Crippen molar-refractivity contribution in [1.29, 1.82) is 0 Å². The number of aromatic nitrogens is 1.